The molecule has 3 N–H and O–H groups in total. The van der Waals surface area contributed by atoms with Crippen LogP contribution in [0, 0.1) is 5.92 Å². The molecular formula is C24H27N5O2S. The van der Waals surface area contributed by atoms with Gasteiger partial charge in [-0.1, -0.05) is 23.9 Å². The van der Waals surface area contributed by atoms with Gasteiger partial charge in [0.1, 0.15) is 0 Å². The van der Waals surface area contributed by atoms with E-state index in [-0.39, 0.29) is 17.7 Å². The van der Waals surface area contributed by atoms with Crippen LogP contribution in [-0.2, 0) is 11.3 Å². The van der Waals surface area contributed by atoms with Crippen LogP contribution in [0.2, 0.25) is 0 Å². The number of hydrogen-bond acceptors (Lipinski definition) is 5. The molecule has 8 heteroatoms. The summed E-state index contributed by atoms with van der Waals surface area (Å²) in [6, 6.07) is 15.4. The maximum atomic E-state index is 12.7. The Labute approximate surface area is 192 Å². The molecule has 1 fully saturated rings. The van der Waals surface area contributed by atoms with E-state index in [2.05, 4.69) is 21.3 Å². The highest BCUT2D eigenvalue weighted by molar-refractivity contribution is 7.98. The molecule has 3 aromatic rings. The zero-order valence-corrected chi connectivity index (χ0v) is 18.8. The minimum Gasteiger partial charge on any atom is -0.369 e. The Balaban J connectivity index is 1.37. The summed E-state index contributed by atoms with van der Waals surface area (Å²) in [5.74, 6) is -0.354. The van der Waals surface area contributed by atoms with Gasteiger partial charge in [0.15, 0.2) is 5.16 Å². The van der Waals surface area contributed by atoms with E-state index in [1.807, 2.05) is 59.5 Å². The number of nitrogens with two attached hydrogens (primary N) is 1. The summed E-state index contributed by atoms with van der Waals surface area (Å²) in [6.45, 7) is 2.49. The molecule has 0 spiro atoms. The molecule has 0 bridgehead atoms. The number of benzene rings is 2. The predicted molar refractivity (Wildman–Crippen MR) is 127 cm³/mol. The number of anilines is 1. The molecule has 0 saturated carbocycles. The van der Waals surface area contributed by atoms with Gasteiger partial charge in [-0.05, 0) is 74.1 Å². The molecule has 1 aliphatic rings. The van der Waals surface area contributed by atoms with Crippen molar-refractivity contribution in [1.82, 2.24) is 14.5 Å². The third-order valence-corrected chi connectivity index (χ3v) is 6.45. The Kier molecular flexibility index (Phi) is 6.92. The van der Waals surface area contributed by atoms with Gasteiger partial charge in [0.25, 0.3) is 5.91 Å². The van der Waals surface area contributed by atoms with E-state index in [1.165, 1.54) is 0 Å². The number of carbonyl (C=O) groups excluding carboxylic acids is 2. The Morgan fingerprint density at radius 1 is 1.16 bits per heavy atom. The number of amides is 2. The first kappa shape index (κ1) is 22.1. The number of imidazole rings is 1. The molecule has 0 unspecified atom stereocenters. The highest BCUT2D eigenvalue weighted by Crippen LogP contribution is 2.21. The standard InChI is InChI=1S/C24H27N5O2S/c1-32-24-26-11-14-29(24)21-7-5-19(6-8-21)23(31)27-20-4-2-3-17(15-20)16-28-12-9-18(10-13-28)22(25)30/h2-8,11,14-15,18H,9-10,12-13,16H2,1H3,(H2,25,30)(H,27,31). The SMILES string of the molecule is CSc1nccn1-c1ccc(C(=O)Nc2cccc(CN3CCC(C(N)=O)CC3)c2)cc1. The second-order valence-corrected chi connectivity index (χ2v) is 8.71. The first-order valence-electron chi connectivity index (χ1n) is 10.6. The maximum Gasteiger partial charge on any atom is 0.255 e. The molecule has 1 aromatic heterocycles. The summed E-state index contributed by atoms with van der Waals surface area (Å²) in [4.78, 5) is 30.7. The molecule has 7 nitrogen and oxygen atoms in total. The van der Waals surface area contributed by atoms with E-state index in [0.29, 0.717) is 5.56 Å². The van der Waals surface area contributed by atoms with Gasteiger partial charge in [-0.2, -0.15) is 0 Å². The minimum atomic E-state index is -0.197. The molecule has 0 atom stereocenters. The summed E-state index contributed by atoms with van der Waals surface area (Å²) >= 11 is 1.57. The summed E-state index contributed by atoms with van der Waals surface area (Å²) in [5.41, 5.74) is 8.87. The average Bonchev–Trinajstić information content (AvgIpc) is 3.29. The quantitative estimate of drug-likeness (QED) is 0.538. The van der Waals surface area contributed by atoms with Crippen molar-refractivity contribution in [2.24, 2.45) is 11.7 Å². The van der Waals surface area contributed by atoms with Crippen LogP contribution >= 0.6 is 11.8 Å². The van der Waals surface area contributed by atoms with E-state index in [1.54, 1.807) is 18.0 Å². The molecule has 0 aliphatic carbocycles. The van der Waals surface area contributed by atoms with Crippen molar-refractivity contribution in [3.8, 4) is 5.69 Å². The highest BCUT2D eigenvalue weighted by atomic mass is 32.2. The van der Waals surface area contributed by atoms with E-state index >= 15 is 0 Å². The van der Waals surface area contributed by atoms with Gasteiger partial charge in [0.2, 0.25) is 5.91 Å². The van der Waals surface area contributed by atoms with Gasteiger partial charge in [-0.3, -0.25) is 19.1 Å². The van der Waals surface area contributed by atoms with Crippen LogP contribution in [-0.4, -0.2) is 45.6 Å². The molecule has 4 rings (SSSR count). The second kappa shape index (κ2) is 10.0. The fourth-order valence-corrected chi connectivity index (χ4v) is 4.52. The third kappa shape index (κ3) is 5.20. The molecule has 2 aromatic carbocycles. The van der Waals surface area contributed by atoms with Gasteiger partial charge in [-0.15, -0.1) is 0 Å². The van der Waals surface area contributed by atoms with Crippen LogP contribution in [0.15, 0.2) is 66.1 Å². The Morgan fingerprint density at radius 2 is 1.91 bits per heavy atom. The first-order chi connectivity index (χ1) is 15.5. The Bertz CT molecular complexity index is 1090. The normalized spacial score (nSPS) is 14.9. The Morgan fingerprint density at radius 3 is 2.59 bits per heavy atom. The maximum absolute atomic E-state index is 12.7. The van der Waals surface area contributed by atoms with Gasteiger partial charge in [0.05, 0.1) is 0 Å². The van der Waals surface area contributed by atoms with Crippen molar-refractivity contribution in [3.63, 3.8) is 0 Å². The lowest BCUT2D eigenvalue weighted by Crippen LogP contribution is -2.38. The number of piperidine rings is 1. The number of aromatic nitrogens is 2. The molecule has 0 radical (unpaired) electrons. The van der Waals surface area contributed by atoms with Crippen LogP contribution in [0.5, 0.6) is 0 Å². The number of rotatable bonds is 7. The van der Waals surface area contributed by atoms with Crippen molar-refractivity contribution in [2.75, 3.05) is 24.7 Å². The van der Waals surface area contributed by atoms with Gasteiger partial charge < -0.3 is 11.1 Å². The third-order valence-electron chi connectivity index (χ3n) is 5.78. The van der Waals surface area contributed by atoms with Crippen LogP contribution in [0.1, 0.15) is 28.8 Å². The monoisotopic (exact) mass is 449 g/mol. The smallest absolute Gasteiger partial charge is 0.255 e. The molecule has 32 heavy (non-hydrogen) atoms. The average molecular weight is 450 g/mol. The first-order valence-corrected chi connectivity index (χ1v) is 11.9. The number of thioether (sulfide) groups is 1. The van der Waals surface area contributed by atoms with Crippen molar-refractivity contribution < 1.29 is 9.59 Å². The van der Waals surface area contributed by atoms with Gasteiger partial charge >= 0.3 is 0 Å². The summed E-state index contributed by atoms with van der Waals surface area (Å²) in [6.07, 6.45) is 7.26. The van der Waals surface area contributed by atoms with Crippen molar-refractivity contribution in [1.29, 1.82) is 0 Å². The number of nitrogens with zero attached hydrogens (tertiary/aromatic N) is 3. The molecule has 1 aliphatic heterocycles. The summed E-state index contributed by atoms with van der Waals surface area (Å²) in [7, 11) is 0. The highest BCUT2D eigenvalue weighted by Gasteiger charge is 2.23. The van der Waals surface area contributed by atoms with E-state index in [4.69, 9.17) is 5.73 Å². The number of hydrogen-bond donors (Lipinski definition) is 2. The zero-order chi connectivity index (χ0) is 22.5. The largest absolute Gasteiger partial charge is 0.369 e. The van der Waals surface area contributed by atoms with Crippen LogP contribution in [0.3, 0.4) is 0 Å². The lowest BCUT2D eigenvalue weighted by Gasteiger charge is -2.30. The Hall–Kier alpha value is -3.10. The van der Waals surface area contributed by atoms with Crippen molar-refractivity contribution in [2.45, 2.75) is 24.5 Å². The van der Waals surface area contributed by atoms with Crippen LogP contribution in [0.25, 0.3) is 5.69 Å². The number of carbonyl (C=O) groups is 2. The van der Waals surface area contributed by atoms with Crippen LogP contribution in [0.4, 0.5) is 5.69 Å². The lowest BCUT2D eigenvalue weighted by atomic mass is 9.96. The molecule has 1 saturated heterocycles. The van der Waals surface area contributed by atoms with E-state index in [0.717, 1.165) is 54.6 Å². The van der Waals surface area contributed by atoms with Crippen molar-refractivity contribution in [3.05, 3.63) is 72.1 Å². The summed E-state index contributed by atoms with van der Waals surface area (Å²) in [5, 5.41) is 3.89. The van der Waals surface area contributed by atoms with E-state index < -0.39 is 0 Å². The number of nitrogens with one attached hydrogen (secondary N) is 1. The minimum absolute atomic E-state index is 0.00986. The second-order valence-electron chi connectivity index (χ2n) is 7.94. The number of primary amides is 1. The van der Waals surface area contributed by atoms with Crippen LogP contribution < -0.4 is 11.1 Å². The van der Waals surface area contributed by atoms with E-state index in [9.17, 15) is 9.59 Å². The number of likely N-dealkylation sites (tertiary alicyclic amines) is 1. The van der Waals surface area contributed by atoms with Gasteiger partial charge in [-0.25, -0.2) is 4.98 Å². The van der Waals surface area contributed by atoms with Crippen molar-refractivity contribution >= 4 is 29.3 Å². The zero-order valence-electron chi connectivity index (χ0n) is 18.0. The molecule has 166 valence electrons. The molecular weight excluding hydrogens is 422 g/mol. The predicted octanol–water partition coefficient (Wildman–Crippen LogP) is 3.54. The van der Waals surface area contributed by atoms with Gasteiger partial charge in [0, 0.05) is 41.8 Å². The fraction of sp³-hybridized carbons (Fsp3) is 0.292. The lowest BCUT2D eigenvalue weighted by molar-refractivity contribution is -0.123. The molecule has 2 amide bonds. The molecule has 2 heterocycles. The summed E-state index contributed by atoms with van der Waals surface area (Å²) < 4.78 is 1.99. The fourth-order valence-electron chi connectivity index (χ4n) is 4.00. The topological polar surface area (TPSA) is 93.2 Å².